The van der Waals surface area contributed by atoms with Crippen LogP contribution in [-0.4, -0.2) is 13.2 Å². The van der Waals surface area contributed by atoms with Gasteiger partial charge in [0.2, 0.25) is 0 Å². The molecular weight excluding hydrogens is 326 g/mol. The Labute approximate surface area is 126 Å². The first kappa shape index (κ1) is 14.2. The minimum atomic E-state index is 0.605. The molecule has 2 aromatic rings. The summed E-state index contributed by atoms with van der Waals surface area (Å²) in [6.45, 7) is 3.39. The molecule has 0 unspecified atom stereocenters. The number of hydrogen-bond donors (Lipinski definition) is 1. The molecule has 1 N–H and O–H groups in total. The van der Waals surface area contributed by atoms with Crippen LogP contribution in [0.2, 0.25) is 5.02 Å². The Morgan fingerprint density at radius 1 is 1.16 bits per heavy atom. The molecule has 0 bridgehead atoms. The van der Waals surface area contributed by atoms with Crippen LogP contribution in [0.3, 0.4) is 0 Å². The summed E-state index contributed by atoms with van der Waals surface area (Å²) in [5.41, 5.74) is 2.22. The second kappa shape index (κ2) is 6.83. The van der Waals surface area contributed by atoms with Crippen molar-refractivity contribution < 1.29 is 4.74 Å². The van der Waals surface area contributed by atoms with Crippen LogP contribution >= 0.6 is 27.5 Å². The Morgan fingerprint density at radius 2 is 1.89 bits per heavy atom. The molecule has 0 spiro atoms. The first-order valence-corrected chi connectivity index (χ1v) is 7.20. The number of nitrogens with one attached hydrogen (secondary N) is 1. The van der Waals surface area contributed by atoms with E-state index in [0.29, 0.717) is 6.61 Å². The molecule has 0 fully saturated rings. The van der Waals surface area contributed by atoms with Crippen molar-refractivity contribution in [3.63, 3.8) is 0 Å². The number of hydrogen-bond acceptors (Lipinski definition) is 2. The minimum Gasteiger partial charge on any atom is -0.492 e. The van der Waals surface area contributed by atoms with Crippen molar-refractivity contribution in [3.8, 4) is 5.75 Å². The first-order valence-electron chi connectivity index (χ1n) is 6.03. The summed E-state index contributed by atoms with van der Waals surface area (Å²) in [6, 6.07) is 13.6. The molecule has 100 valence electrons. The zero-order chi connectivity index (χ0) is 13.7. The molecule has 0 aliphatic rings. The van der Waals surface area contributed by atoms with Crippen molar-refractivity contribution in [1.29, 1.82) is 0 Å². The predicted molar refractivity (Wildman–Crippen MR) is 84.3 cm³/mol. The van der Waals surface area contributed by atoms with Crippen LogP contribution in [-0.2, 0) is 0 Å². The van der Waals surface area contributed by atoms with Gasteiger partial charge in [-0.2, -0.15) is 0 Å². The lowest BCUT2D eigenvalue weighted by molar-refractivity contribution is 0.333. The Hall–Kier alpha value is -1.19. The lowest BCUT2D eigenvalue weighted by atomic mass is 10.2. The molecule has 0 saturated heterocycles. The fourth-order valence-corrected chi connectivity index (χ4v) is 2.11. The van der Waals surface area contributed by atoms with Crippen LogP contribution in [0.25, 0.3) is 0 Å². The number of benzene rings is 2. The largest absolute Gasteiger partial charge is 0.492 e. The molecule has 2 rings (SSSR count). The molecule has 0 aromatic heterocycles. The molecule has 0 aliphatic heterocycles. The van der Waals surface area contributed by atoms with E-state index in [1.807, 2.05) is 49.4 Å². The average molecular weight is 341 g/mol. The fraction of sp³-hybridized carbons (Fsp3) is 0.200. The highest BCUT2D eigenvalue weighted by molar-refractivity contribution is 9.10. The zero-order valence-electron chi connectivity index (χ0n) is 10.6. The third kappa shape index (κ3) is 4.44. The Bertz CT molecular complexity index is 542. The van der Waals surface area contributed by atoms with Crippen LogP contribution in [0.4, 0.5) is 5.69 Å². The second-order valence-electron chi connectivity index (χ2n) is 4.19. The van der Waals surface area contributed by atoms with Gasteiger partial charge in [-0.05, 0) is 48.9 Å². The maximum Gasteiger partial charge on any atom is 0.119 e. The molecule has 4 heteroatoms. The van der Waals surface area contributed by atoms with Crippen LogP contribution in [0, 0.1) is 6.92 Å². The summed E-state index contributed by atoms with van der Waals surface area (Å²) in [6.07, 6.45) is 0. The van der Waals surface area contributed by atoms with Crippen molar-refractivity contribution in [1.82, 2.24) is 0 Å². The molecule has 0 heterocycles. The molecule has 0 radical (unpaired) electrons. The molecule has 2 aromatic carbocycles. The molecule has 0 atom stereocenters. The SMILES string of the molecule is Cc1ccc(Cl)cc1NCCOc1ccc(Br)cc1. The van der Waals surface area contributed by atoms with Gasteiger partial charge < -0.3 is 10.1 Å². The smallest absolute Gasteiger partial charge is 0.119 e. The molecule has 0 amide bonds. The maximum absolute atomic E-state index is 5.96. The van der Waals surface area contributed by atoms with Crippen molar-refractivity contribution in [2.24, 2.45) is 0 Å². The highest BCUT2D eigenvalue weighted by Gasteiger charge is 1.99. The van der Waals surface area contributed by atoms with E-state index in [-0.39, 0.29) is 0 Å². The predicted octanol–water partition coefficient (Wildman–Crippen LogP) is 4.90. The Balaban J connectivity index is 1.80. The van der Waals surface area contributed by atoms with Gasteiger partial charge in [0, 0.05) is 21.7 Å². The molecule has 0 aliphatic carbocycles. The third-order valence-corrected chi connectivity index (χ3v) is 3.46. The quantitative estimate of drug-likeness (QED) is 0.782. The molecule has 2 nitrogen and oxygen atoms in total. The summed E-state index contributed by atoms with van der Waals surface area (Å²) >= 11 is 9.36. The highest BCUT2D eigenvalue weighted by Crippen LogP contribution is 2.20. The number of anilines is 1. The minimum absolute atomic E-state index is 0.605. The highest BCUT2D eigenvalue weighted by atomic mass is 79.9. The summed E-state index contributed by atoms with van der Waals surface area (Å²) in [4.78, 5) is 0. The van der Waals surface area contributed by atoms with E-state index in [9.17, 15) is 0 Å². The fourth-order valence-electron chi connectivity index (χ4n) is 1.67. The van der Waals surface area contributed by atoms with E-state index in [1.54, 1.807) is 0 Å². The van der Waals surface area contributed by atoms with E-state index >= 15 is 0 Å². The number of ether oxygens (including phenoxy) is 1. The van der Waals surface area contributed by atoms with Crippen LogP contribution < -0.4 is 10.1 Å². The maximum atomic E-state index is 5.96. The van der Waals surface area contributed by atoms with Crippen LogP contribution in [0.1, 0.15) is 5.56 Å². The van der Waals surface area contributed by atoms with Crippen LogP contribution in [0.15, 0.2) is 46.9 Å². The van der Waals surface area contributed by atoms with Crippen molar-refractivity contribution in [2.45, 2.75) is 6.92 Å². The molecule has 0 saturated carbocycles. The van der Waals surface area contributed by atoms with Gasteiger partial charge in [-0.1, -0.05) is 33.6 Å². The summed E-state index contributed by atoms with van der Waals surface area (Å²) in [7, 11) is 0. The summed E-state index contributed by atoms with van der Waals surface area (Å²) in [5, 5.41) is 4.05. The van der Waals surface area contributed by atoms with Gasteiger partial charge in [0.1, 0.15) is 12.4 Å². The number of halogens is 2. The molecular formula is C15H15BrClNO. The summed E-state index contributed by atoms with van der Waals surface area (Å²) in [5.74, 6) is 0.868. The zero-order valence-corrected chi connectivity index (χ0v) is 13.0. The van der Waals surface area contributed by atoms with Gasteiger partial charge in [0.05, 0.1) is 0 Å². The lowest BCUT2D eigenvalue weighted by Gasteiger charge is -2.11. The average Bonchev–Trinajstić information content (AvgIpc) is 2.40. The summed E-state index contributed by atoms with van der Waals surface area (Å²) < 4.78 is 6.69. The first-order chi connectivity index (χ1) is 9.15. The van der Waals surface area contributed by atoms with E-state index in [2.05, 4.69) is 21.2 Å². The van der Waals surface area contributed by atoms with E-state index < -0.39 is 0 Å². The lowest BCUT2D eigenvalue weighted by Crippen LogP contribution is -2.12. The van der Waals surface area contributed by atoms with Gasteiger partial charge in [0.25, 0.3) is 0 Å². The normalized spacial score (nSPS) is 10.3. The van der Waals surface area contributed by atoms with Crippen molar-refractivity contribution in [2.75, 3.05) is 18.5 Å². The number of rotatable bonds is 5. The van der Waals surface area contributed by atoms with Gasteiger partial charge in [0.15, 0.2) is 0 Å². The van der Waals surface area contributed by atoms with Crippen molar-refractivity contribution >= 4 is 33.2 Å². The Kier molecular flexibility index (Phi) is 5.11. The van der Waals surface area contributed by atoms with E-state index in [4.69, 9.17) is 16.3 Å². The van der Waals surface area contributed by atoms with Gasteiger partial charge in [-0.3, -0.25) is 0 Å². The second-order valence-corrected chi connectivity index (χ2v) is 5.54. The topological polar surface area (TPSA) is 21.3 Å². The third-order valence-electron chi connectivity index (χ3n) is 2.70. The standard InChI is InChI=1S/C15H15BrClNO/c1-11-2-5-13(17)10-15(11)18-8-9-19-14-6-3-12(16)4-7-14/h2-7,10,18H,8-9H2,1H3. The van der Waals surface area contributed by atoms with Crippen molar-refractivity contribution in [3.05, 3.63) is 57.5 Å². The van der Waals surface area contributed by atoms with Gasteiger partial charge >= 0.3 is 0 Å². The van der Waals surface area contributed by atoms with Gasteiger partial charge in [-0.15, -0.1) is 0 Å². The monoisotopic (exact) mass is 339 g/mol. The van der Waals surface area contributed by atoms with Crippen LogP contribution in [0.5, 0.6) is 5.75 Å². The van der Waals surface area contributed by atoms with Gasteiger partial charge in [-0.25, -0.2) is 0 Å². The Morgan fingerprint density at radius 3 is 2.63 bits per heavy atom. The van der Waals surface area contributed by atoms with E-state index in [0.717, 1.165) is 27.5 Å². The number of aryl methyl sites for hydroxylation is 1. The molecule has 19 heavy (non-hydrogen) atoms. The van der Waals surface area contributed by atoms with E-state index in [1.165, 1.54) is 5.56 Å².